The van der Waals surface area contributed by atoms with Crippen LogP contribution >= 0.6 is 23.7 Å². The van der Waals surface area contributed by atoms with Gasteiger partial charge in [-0.3, -0.25) is 4.72 Å². The zero-order chi connectivity index (χ0) is 13.7. The number of urea groups is 1. The second-order valence-corrected chi connectivity index (χ2v) is 5.52. The molecule has 0 aliphatic rings. The van der Waals surface area contributed by atoms with Crippen molar-refractivity contribution in [3.8, 4) is 11.1 Å². The van der Waals surface area contributed by atoms with Crippen LogP contribution in [0.5, 0.6) is 0 Å². The normalized spacial score (nSPS) is 10.2. The highest BCUT2D eigenvalue weighted by molar-refractivity contribution is 7.99. The molecule has 2 rings (SSSR count). The number of hydrogen-bond acceptors (Lipinski definition) is 3. The zero-order valence-corrected chi connectivity index (χ0v) is 12.1. The van der Waals surface area contributed by atoms with Gasteiger partial charge in [-0.1, -0.05) is 36.4 Å². The van der Waals surface area contributed by atoms with E-state index in [1.165, 1.54) is 11.9 Å². The lowest BCUT2D eigenvalue weighted by Crippen LogP contribution is -2.22. The third-order valence-corrected chi connectivity index (χ3v) is 4.12. The van der Waals surface area contributed by atoms with Crippen LogP contribution in [-0.4, -0.2) is 12.3 Å². The van der Waals surface area contributed by atoms with Gasteiger partial charge in [0.15, 0.2) is 0 Å². The number of primary amides is 1. The van der Waals surface area contributed by atoms with E-state index < -0.39 is 6.03 Å². The molecule has 0 atom stereocenters. The van der Waals surface area contributed by atoms with E-state index in [0.717, 1.165) is 20.9 Å². The molecule has 2 amide bonds. The molecule has 0 saturated heterocycles. The number of rotatable bonds is 4. The number of thioether (sulfide) groups is 1. The molecule has 5 heteroatoms. The summed E-state index contributed by atoms with van der Waals surface area (Å²) in [5, 5.41) is 0. The second kappa shape index (κ2) is 6.54. The van der Waals surface area contributed by atoms with Gasteiger partial charge in [0.25, 0.3) is 0 Å². The van der Waals surface area contributed by atoms with Crippen molar-refractivity contribution in [3.05, 3.63) is 48.5 Å². The van der Waals surface area contributed by atoms with Crippen molar-refractivity contribution in [3.63, 3.8) is 0 Å². The molecule has 3 N–H and O–H groups in total. The molecule has 0 fully saturated rings. The molecule has 2 aromatic rings. The largest absolute Gasteiger partial charge is 0.351 e. The van der Waals surface area contributed by atoms with E-state index in [0.29, 0.717) is 0 Å². The number of carbonyl (C=O) groups is 1. The van der Waals surface area contributed by atoms with Crippen molar-refractivity contribution in [1.29, 1.82) is 0 Å². The number of nitrogens with one attached hydrogen (secondary N) is 1. The van der Waals surface area contributed by atoms with Crippen molar-refractivity contribution in [2.45, 2.75) is 9.79 Å². The number of hydrogen-bond donors (Lipinski definition) is 2. The Morgan fingerprint density at radius 3 is 2.53 bits per heavy atom. The molecule has 0 bridgehead atoms. The minimum atomic E-state index is -0.543. The van der Waals surface area contributed by atoms with E-state index in [2.05, 4.69) is 16.9 Å². The quantitative estimate of drug-likeness (QED) is 0.666. The number of amides is 2. The summed E-state index contributed by atoms with van der Waals surface area (Å²) in [4.78, 5) is 13.0. The zero-order valence-electron chi connectivity index (χ0n) is 10.4. The summed E-state index contributed by atoms with van der Waals surface area (Å²) in [5.41, 5.74) is 7.32. The monoisotopic (exact) mass is 290 g/mol. The van der Waals surface area contributed by atoms with Gasteiger partial charge < -0.3 is 5.73 Å². The minimum absolute atomic E-state index is 0.543. The van der Waals surface area contributed by atoms with E-state index in [-0.39, 0.29) is 0 Å². The Morgan fingerprint density at radius 2 is 1.89 bits per heavy atom. The van der Waals surface area contributed by atoms with Crippen molar-refractivity contribution in [2.75, 3.05) is 6.26 Å². The maximum absolute atomic E-state index is 10.9. The van der Waals surface area contributed by atoms with Crippen LogP contribution in [-0.2, 0) is 0 Å². The summed E-state index contributed by atoms with van der Waals surface area (Å²) in [6, 6.07) is 15.7. The predicted molar refractivity (Wildman–Crippen MR) is 82.2 cm³/mol. The van der Waals surface area contributed by atoms with Crippen LogP contribution < -0.4 is 10.5 Å². The molecule has 0 saturated carbocycles. The molecule has 0 unspecified atom stereocenters. The van der Waals surface area contributed by atoms with E-state index in [1.807, 2.05) is 42.7 Å². The lowest BCUT2D eigenvalue weighted by molar-refractivity contribution is 0.254. The van der Waals surface area contributed by atoms with Crippen LogP contribution in [0.3, 0.4) is 0 Å². The summed E-state index contributed by atoms with van der Waals surface area (Å²) in [6.45, 7) is 0. The molecule has 19 heavy (non-hydrogen) atoms. The van der Waals surface area contributed by atoms with Crippen LogP contribution in [0.1, 0.15) is 0 Å². The lowest BCUT2D eigenvalue weighted by atomic mass is 10.1. The Balaban J connectivity index is 2.39. The van der Waals surface area contributed by atoms with Gasteiger partial charge in [-0.2, -0.15) is 0 Å². The first-order chi connectivity index (χ1) is 9.20. The Hall–Kier alpha value is -1.59. The van der Waals surface area contributed by atoms with E-state index in [1.54, 1.807) is 11.8 Å². The van der Waals surface area contributed by atoms with Gasteiger partial charge in [0.2, 0.25) is 0 Å². The third-order valence-electron chi connectivity index (χ3n) is 2.54. The fraction of sp³-hybridized carbons (Fsp3) is 0.0714. The van der Waals surface area contributed by atoms with Crippen LogP contribution in [0, 0.1) is 0 Å². The van der Waals surface area contributed by atoms with E-state index in [4.69, 9.17) is 5.73 Å². The maximum Gasteiger partial charge on any atom is 0.322 e. The van der Waals surface area contributed by atoms with E-state index in [9.17, 15) is 4.79 Å². The minimum Gasteiger partial charge on any atom is -0.351 e. The summed E-state index contributed by atoms with van der Waals surface area (Å²) in [5.74, 6) is 0. The summed E-state index contributed by atoms with van der Waals surface area (Å²) >= 11 is 2.91. The average molecular weight is 290 g/mol. The average Bonchev–Trinajstić information content (AvgIpc) is 2.45. The fourth-order valence-electron chi connectivity index (χ4n) is 1.68. The first kappa shape index (κ1) is 13.8. The highest BCUT2D eigenvalue weighted by Crippen LogP contribution is 2.33. The van der Waals surface area contributed by atoms with Crippen molar-refractivity contribution >= 4 is 29.7 Å². The third kappa shape index (κ3) is 3.68. The lowest BCUT2D eigenvalue weighted by Gasteiger charge is -2.10. The van der Waals surface area contributed by atoms with Crippen molar-refractivity contribution in [1.82, 2.24) is 4.72 Å². The van der Waals surface area contributed by atoms with Crippen LogP contribution in [0.2, 0.25) is 0 Å². The van der Waals surface area contributed by atoms with Gasteiger partial charge in [-0.25, -0.2) is 4.79 Å². The summed E-state index contributed by atoms with van der Waals surface area (Å²) in [6.07, 6.45) is 2.02. The number of nitrogens with two attached hydrogens (primary N) is 1. The second-order valence-electron chi connectivity index (χ2n) is 3.80. The maximum atomic E-state index is 10.9. The Bertz CT molecular complexity index is 573. The number of carbonyl (C=O) groups excluding carboxylic acids is 1. The van der Waals surface area contributed by atoms with Crippen LogP contribution in [0.15, 0.2) is 58.3 Å². The Labute approximate surface area is 121 Å². The van der Waals surface area contributed by atoms with Gasteiger partial charge in [0, 0.05) is 9.79 Å². The molecule has 0 radical (unpaired) electrons. The molecule has 0 aliphatic heterocycles. The first-order valence-corrected chi connectivity index (χ1v) is 7.70. The number of benzene rings is 2. The molecule has 0 heterocycles. The molecule has 0 aliphatic carbocycles. The van der Waals surface area contributed by atoms with Gasteiger partial charge >= 0.3 is 6.03 Å². The molecule has 0 aromatic heterocycles. The fourth-order valence-corrected chi connectivity index (χ4v) is 2.88. The molecule has 3 nitrogen and oxygen atoms in total. The summed E-state index contributed by atoms with van der Waals surface area (Å²) in [7, 11) is 0. The van der Waals surface area contributed by atoms with Crippen molar-refractivity contribution in [2.24, 2.45) is 5.73 Å². The molecule has 98 valence electrons. The standard InChI is InChI=1S/C14H14N2OS2/c1-18-11-7-8-12(10-5-3-2-4-6-10)13(9-11)19-16-14(15)17/h2-9H,1H3,(H3,15,16,17). The van der Waals surface area contributed by atoms with Gasteiger partial charge in [0.1, 0.15) is 0 Å². The molecular weight excluding hydrogens is 276 g/mol. The Kier molecular flexibility index (Phi) is 4.76. The first-order valence-electron chi connectivity index (χ1n) is 5.66. The molecule has 0 spiro atoms. The molecular formula is C14H14N2OS2. The topological polar surface area (TPSA) is 55.1 Å². The highest BCUT2D eigenvalue weighted by atomic mass is 32.2. The van der Waals surface area contributed by atoms with Crippen molar-refractivity contribution < 1.29 is 4.79 Å². The van der Waals surface area contributed by atoms with Gasteiger partial charge in [-0.15, -0.1) is 11.8 Å². The van der Waals surface area contributed by atoms with Gasteiger partial charge in [0.05, 0.1) is 0 Å². The molecule has 2 aromatic carbocycles. The van der Waals surface area contributed by atoms with Crippen LogP contribution in [0.25, 0.3) is 11.1 Å². The Morgan fingerprint density at radius 1 is 1.16 bits per heavy atom. The van der Waals surface area contributed by atoms with E-state index >= 15 is 0 Å². The highest BCUT2D eigenvalue weighted by Gasteiger charge is 2.08. The van der Waals surface area contributed by atoms with Gasteiger partial charge in [-0.05, 0) is 41.5 Å². The smallest absolute Gasteiger partial charge is 0.322 e. The van der Waals surface area contributed by atoms with Crippen LogP contribution in [0.4, 0.5) is 4.79 Å². The predicted octanol–water partition coefficient (Wildman–Crippen LogP) is 3.75. The summed E-state index contributed by atoms with van der Waals surface area (Å²) < 4.78 is 2.57. The SMILES string of the molecule is CSc1ccc(-c2ccccc2)c(SNC(N)=O)c1.